The van der Waals surface area contributed by atoms with Crippen LogP contribution >= 0.6 is 0 Å². The molecule has 3 saturated heterocycles. The molecular formula is C19H26O8S. The summed E-state index contributed by atoms with van der Waals surface area (Å²) >= 11 is 0. The Morgan fingerprint density at radius 2 is 1.71 bits per heavy atom. The van der Waals surface area contributed by atoms with E-state index in [0.29, 0.717) is 5.56 Å². The lowest BCUT2D eigenvalue weighted by atomic mass is 10.1. The van der Waals surface area contributed by atoms with Gasteiger partial charge in [0.15, 0.2) is 17.9 Å². The van der Waals surface area contributed by atoms with E-state index in [9.17, 15) is 8.42 Å². The van der Waals surface area contributed by atoms with Crippen LogP contribution in [-0.4, -0.2) is 57.3 Å². The van der Waals surface area contributed by atoms with Crippen molar-refractivity contribution in [2.24, 2.45) is 0 Å². The molecule has 0 saturated carbocycles. The van der Waals surface area contributed by atoms with Crippen LogP contribution in [0.15, 0.2) is 30.3 Å². The van der Waals surface area contributed by atoms with E-state index in [1.165, 1.54) is 0 Å². The molecular weight excluding hydrogens is 388 g/mol. The van der Waals surface area contributed by atoms with Gasteiger partial charge in [0.1, 0.15) is 30.2 Å². The van der Waals surface area contributed by atoms with Gasteiger partial charge in [-0.3, -0.25) is 4.18 Å². The standard InChI is InChI=1S/C19H26O8S/c1-18(2)22-10-13(24-18)14-15(16-17(23-14)26-19(3,4)25-16)27-28(20,21)11-12-8-6-5-7-9-12/h5-9,13-17H,10-11H2,1-4H3/t13?,14?,15-,16-,17-/m1/s1. The maximum Gasteiger partial charge on any atom is 0.271 e. The normalized spacial score (nSPS) is 36.5. The Balaban J connectivity index is 1.55. The topological polar surface area (TPSA) is 89.5 Å². The van der Waals surface area contributed by atoms with E-state index < -0.39 is 52.4 Å². The molecule has 156 valence electrons. The van der Waals surface area contributed by atoms with Gasteiger partial charge >= 0.3 is 0 Å². The lowest BCUT2D eigenvalue weighted by Crippen LogP contribution is -2.45. The molecule has 3 heterocycles. The molecule has 1 aromatic carbocycles. The molecule has 1 aromatic rings. The number of rotatable bonds is 5. The predicted octanol–water partition coefficient (Wildman–Crippen LogP) is 1.93. The van der Waals surface area contributed by atoms with Crippen molar-refractivity contribution in [1.29, 1.82) is 0 Å². The Labute approximate surface area is 165 Å². The van der Waals surface area contributed by atoms with Gasteiger partial charge in [-0.05, 0) is 33.3 Å². The molecule has 3 fully saturated rings. The highest BCUT2D eigenvalue weighted by atomic mass is 32.2. The first-order valence-corrected chi connectivity index (χ1v) is 10.9. The van der Waals surface area contributed by atoms with Crippen molar-refractivity contribution in [2.45, 2.75) is 75.7 Å². The van der Waals surface area contributed by atoms with Gasteiger partial charge in [-0.25, -0.2) is 0 Å². The Kier molecular flexibility index (Phi) is 5.06. The van der Waals surface area contributed by atoms with Crippen LogP contribution < -0.4 is 0 Å². The summed E-state index contributed by atoms with van der Waals surface area (Å²) in [6.45, 7) is 7.34. The Hall–Kier alpha value is -1.07. The third-order valence-corrected chi connectivity index (χ3v) is 6.07. The van der Waals surface area contributed by atoms with Gasteiger partial charge in [-0.2, -0.15) is 8.42 Å². The zero-order valence-electron chi connectivity index (χ0n) is 16.4. The van der Waals surface area contributed by atoms with Crippen molar-refractivity contribution in [3.05, 3.63) is 35.9 Å². The largest absolute Gasteiger partial charge is 0.348 e. The number of benzene rings is 1. The minimum absolute atomic E-state index is 0.244. The number of fused-ring (bicyclic) bond motifs is 1. The lowest BCUT2D eigenvalue weighted by molar-refractivity contribution is -0.230. The molecule has 0 aromatic heterocycles. The summed E-state index contributed by atoms with van der Waals surface area (Å²) < 4.78 is 60.2. The molecule has 0 aliphatic carbocycles. The molecule has 0 bridgehead atoms. The predicted molar refractivity (Wildman–Crippen MR) is 97.5 cm³/mol. The van der Waals surface area contributed by atoms with Gasteiger partial charge in [0.2, 0.25) is 0 Å². The molecule has 3 aliphatic rings. The van der Waals surface area contributed by atoms with Crippen molar-refractivity contribution in [3.63, 3.8) is 0 Å². The van der Waals surface area contributed by atoms with Crippen LogP contribution in [0.25, 0.3) is 0 Å². The van der Waals surface area contributed by atoms with Gasteiger partial charge in [0.05, 0.1) is 6.61 Å². The minimum atomic E-state index is -3.90. The summed E-state index contributed by atoms with van der Waals surface area (Å²) in [5.41, 5.74) is 0.639. The summed E-state index contributed by atoms with van der Waals surface area (Å²) in [6.07, 6.45) is -3.50. The first kappa shape index (κ1) is 20.2. The van der Waals surface area contributed by atoms with E-state index in [2.05, 4.69) is 0 Å². The summed E-state index contributed by atoms with van der Waals surface area (Å²) in [5, 5.41) is 0. The van der Waals surface area contributed by atoms with E-state index in [1.54, 1.807) is 52.0 Å². The van der Waals surface area contributed by atoms with Crippen LogP contribution in [0.3, 0.4) is 0 Å². The van der Waals surface area contributed by atoms with Crippen molar-refractivity contribution in [1.82, 2.24) is 0 Å². The molecule has 4 rings (SSSR count). The van der Waals surface area contributed by atoms with Gasteiger partial charge in [-0.1, -0.05) is 30.3 Å². The van der Waals surface area contributed by atoms with Gasteiger partial charge in [-0.15, -0.1) is 0 Å². The number of ether oxygens (including phenoxy) is 5. The van der Waals surface area contributed by atoms with E-state index in [0.717, 1.165) is 0 Å². The van der Waals surface area contributed by atoms with Crippen LogP contribution in [0, 0.1) is 0 Å². The molecule has 0 amide bonds. The highest BCUT2D eigenvalue weighted by Crippen LogP contribution is 2.42. The van der Waals surface area contributed by atoms with Crippen LogP contribution in [-0.2, 0) is 43.7 Å². The zero-order valence-corrected chi connectivity index (χ0v) is 17.2. The van der Waals surface area contributed by atoms with Crippen molar-refractivity contribution >= 4 is 10.1 Å². The van der Waals surface area contributed by atoms with E-state index in [4.69, 9.17) is 27.9 Å². The highest BCUT2D eigenvalue weighted by molar-refractivity contribution is 7.85. The molecule has 0 radical (unpaired) electrons. The maximum atomic E-state index is 12.7. The Morgan fingerprint density at radius 1 is 1.00 bits per heavy atom. The van der Waals surface area contributed by atoms with E-state index in [-0.39, 0.29) is 12.4 Å². The average Bonchev–Trinajstić information content (AvgIpc) is 3.18. The fraction of sp³-hybridized carbons (Fsp3) is 0.684. The Bertz CT molecular complexity index is 806. The third-order valence-electron chi connectivity index (χ3n) is 4.87. The molecule has 0 spiro atoms. The molecule has 8 nitrogen and oxygen atoms in total. The second kappa shape index (κ2) is 7.02. The molecule has 3 aliphatic heterocycles. The van der Waals surface area contributed by atoms with Crippen LogP contribution in [0.4, 0.5) is 0 Å². The summed E-state index contributed by atoms with van der Waals surface area (Å²) in [4.78, 5) is 0. The molecule has 2 unspecified atom stereocenters. The Morgan fingerprint density at radius 3 is 2.36 bits per heavy atom. The second-order valence-electron chi connectivity index (χ2n) is 8.18. The van der Waals surface area contributed by atoms with Crippen molar-refractivity contribution < 1.29 is 36.3 Å². The SMILES string of the molecule is CC1(C)OCC(C2O[C@@H]3OC(C)(C)O[C@@H]3[C@@H]2OS(=O)(=O)Cc2ccccc2)O1. The number of hydrogen-bond acceptors (Lipinski definition) is 8. The lowest BCUT2D eigenvalue weighted by Gasteiger charge is -2.28. The quantitative estimate of drug-likeness (QED) is 0.676. The zero-order chi connectivity index (χ0) is 20.2. The smallest absolute Gasteiger partial charge is 0.271 e. The molecule has 9 heteroatoms. The monoisotopic (exact) mass is 414 g/mol. The van der Waals surface area contributed by atoms with Crippen molar-refractivity contribution in [3.8, 4) is 0 Å². The molecule has 5 atom stereocenters. The van der Waals surface area contributed by atoms with Crippen LogP contribution in [0.5, 0.6) is 0 Å². The van der Waals surface area contributed by atoms with Gasteiger partial charge in [0, 0.05) is 0 Å². The minimum Gasteiger partial charge on any atom is -0.348 e. The fourth-order valence-corrected chi connectivity index (χ4v) is 5.00. The first-order chi connectivity index (χ1) is 13.0. The van der Waals surface area contributed by atoms with Crippen molar-refractivity contribution in [2.75, 3.05) is 6.61 Å². The summed E-state index contributed by atoms with van der Waals surface area (Å²) in [7, 11) is -3.90. The van der Waals surface area contributed by atoms with Gasteiger partial charge in [0.25, 0.3) is 10.1 Å². The van der Waals surface area contributed by atoms with E-state index >= 15 is 0 Å². The number of hydrogen-bond donors (Lipinski definition) is 0. The van der Waals surface area contributed by atoms with E-state index in [1.807, 2.05) is 6.07 Å². The van der Waals surface area contributed by atoms with Crippen LogP contribution in [0.1, 0.15) is 33.3 Å². The third kappa shape index (κ3) is 4.25. The first-order valence-electron chi connectivity index (χ1n) is 9.31. The summed E-state index contributed by atoms with van der Waals surface area (Å²) in [6, 6.07) is 8.87. The molecule has 28 heavy (non-hydrogen) atoms. The summed E-state index contributed by atoms with van der Waals surface area (Å²) in [5.74, 6) is -1.91. The van der Waals surface area contributed by atoms with Crippen LogP contribution in [0.2, 0.25) is 0 Å². The average molecular weight is 414 g/mol. The maximum absolute atomic E-state index is 12.7. The highest BCUT2D eigenvalue weighted by Gasteiger charge is 2.60. The molecule has 0 N–H and O–H groups in total. The fourth-order valence-electron chi connectivity index (χ4n) is 3.77. The second-order valence-corrected chi connectivity index (χ2v) is 9.78. The van der Waals surface area contributed by atoms with Gasteiger partial charge < -0.3 is 23.7 Å².